The average molecular weight is 855 g/mol. The minimum absolute atomic E-state index is 0.622. The highest BCUT2D eigenvalue weighted by atomic mass is 16.5. The van der Waals surface area contributed by atoms with E-state index in [1.165, 1.54) is 21.5 Å². The molecule has 7 heteroatoms. The predicted molar refractivity (Wildman–Crippen MR) is 267 cm³/mol. The number of aromatic nitrogens is 5. The molecule has 13 aromatic rings. The summed E-state index contributed by atoms with van der Waals surface area (Å²) in [6.45, 7) is 0. The minimum Gasteiger partial charge on any atom is -0.457 e. The molecule has 0 N–H and O–H groups in total. The van der Waals surface area contributed by atoms with E-state index < -0.39 is 5.41 Å². The van der Waals surface area contributed by atoms with E-state index >= 15 is 0 Å². The van der Waals surface area contributed by atoms with Gasteiger partial charge in [0.05, 0.1) is 85.3 Å². The fourth-order valence-corrected chi connectivity index (χ4v) is 11.7. The second-order valence-electron chi connectivity index (χ2n) is 17.6. The van der Waals surface area contributed by atoms with Crippen LogP contribution in [0.1, 0.15) is 27.8 Å². The monoisotopic (exact) mass is 854 g/mol. The lowest BCUT2D eigenvalue weighted by Crippen LogP contribution is -2.32. The van der Waals surface area contributed by atoms with Gasteiger partial charge in [-0.05, 0) is 84.9 Å². The number of hydrogen-bond acceptors (Lipinski definition) is 4. The van der Waals surface area contributed by atoms with Crippen molar-refractivity contribution in [3.8, 4) is 46.0 Å². The molecule has 0 fully saturated rings. The van der Waals surface area contributed by atoms with Gasteiger partial charge in [0.2, 0.25) is 0 Å². The standard InChI is InChI=1S/C60H34N6O/c61-33-36-25-27-55-45(29-36)44-17-5-11-23-54(44)66(55)39-32-49-59(63-35-39)58-48(31-38(34-62-58)65-52-21-9-3-15-42(52)43-16-4-10-22-53(43)65)60(49)46-18-6-12-24-56(46)67-57-28-26-37(30-47(57)60)64-50-19-7-1-13-40(50)41-14-2-8-20-51(41)64/h1-32,34-35H. The largest absolute Gasteiger partial charge is 0.457 e. The second-order valence-corrected chi connectivity index (χ2v) is 17.6. The predicted octanol–water partition coefficient (Wildman–Crippen LogP) is 14.1. The maximum atomic E-state index is 9.97. The topological polar surface area (TPSA) is 73.6 Å². The Labute approximate surface area is 383 Å². The molecule has 0 radical (unpaired) electrons. The normalized spacial score (nSPS) is 14.7. The van der Waals surface area contributed by atoms with E-state index in [0.717, 1.165) is 106 Å². The smallest absolute Gasteiger partial charge is 0.132 e. The lowest BCUT2D eigenvalue weighted by Gasteiger charge is -2.39. The van der Waals surface area contributed by atoms with Crippen molar-refractivity contribution in [3.05, 3.63) is 234 Å². The van der Waals surface area contributed by atoms with E-state index in [1.807, 2.05) is 24.5 Å². The van der Waals surface area contributed by atoms with Crippen LogP contribution in [0.3, 0.4) is 0 Å². The number of pyridine rings is 2. The van der Waals surface area contributed by atoms with Gasteiger partial charge in [-0.2, -0.15) is 5.26 Å². The molecule has 8 aromatic carbocycles. The Morgan fingerprint density at radius 3 is 1.31 bits per heavy atom. The van der Waals surface area contributed by atoms with Gasteiger partial charge in [0.15, 0.2) is 0 Å². The van der Waals surface area contributed by atoms with Crippen LogP contribution in [0.15, 0.2) is 207 Å². The fourth-order valence-electron chi connectivity index (χ4n) is 11.7. The molecular weight excluding hydrogens is 821 g/mol. The number of para-hydroxylation sites is 6. The summed E-state index contributed by atoms with van der Waals surface area (Å²) in [6.07, 6.45) is 3.99. The number of nitriles is 1. The number of hydrogen-bond donors (Lipinski definition) is 0. The molecule has 0 amide bonds. The SMILES string of the molecule is N#Cc1ccc2c(c1)c1ccccc1n2-c1cnc2c(c1)C1(c3ccccc3Oc3ccc(-n4c5ccccc5c5ccccc54)cc31)c1cc(-n3c4ccccc4c4ccccc43)cnc1-2. The first-order valence-electron chi connectivity index (χ1n) is 22.5. The van der Waals surface area contributed by atoms with E-state index in [9.17, 15) is 5.26 Å². The summed E-state index contributed by atoms with van der Waals surface area (Å²) in [6, 6.07) is 71.1. The molecule has 67 heavy (non-hydrogen) atoms. The van der Waals surface area contributed by atoms with E-state index in [2.05, 4.69) is 202 Å². The molecule has 2 aliphatic rings. The molecule has 1 atom stereocenters. The molecule has 1 aliphatic carbocycles. The zero-order valence-electron chi connectivity index (χ0n) is 35.7. The number of nitrogens with zero attached hydrogens (tertiary/aromatic N) is 6. The van der Waals surface area contributed by atoms with Crippen LogP contribution in [0.4, 0.5) is 0 Å². The van der Waals surface area contributed by atoms with Crippen molar-refractivity contribution in [2.45, 2.75) is 5.41 Å². The van der Waals surface area contributed by atoms with Crippen molar-refractivity contribution >= 4 is 65.4 Å². The third kappa shape index (κ3) is 4.68. The van der Waals surface area contributed by atoms with Crippen LogP contribution < -0.4 is 4.74 Å². The van der Waals surface area contributed by atoms with Crippen LogP contribution in [-0.4, -0.2) is 23.7 Å². The highest BCUT2D eigenvalue weighted by Crippen LogP contribution is 2.62. The van der Waals surface area contributed by atoms with Gasteiger partial charge in [0.25, 0.3) is 0 Å². The van der Waals surface area contributed by atoms with Gasteiger partial charge in [-0.15, -0.1) is 0 Å². The maximum Gasteiger partial charge on any atom is 0.132 e. The van der Waals surface area contributed by atoms with E-state index in [0.29, 0.717) is 5.56 Å². The molecule has 1 spiro atoms. The summed E-state index contributed by atoms with van der Waals surface area (Å²) in [5, 5.41) is 16.8. The highest BCUT2D eigenvalue weighted by Gasteiger charge is 2.53. The van der Waals surface area contributed by atoms with Crippen LogP contribution in [0.5, 0.6) is 11.5 Å². The first kappa shape index (κ1) is 36.1. The number of ether oxygens (including phenoxy) is 1. The molecule has 1 aliphatic heterocycles. The van der Waals surface area contributed by atoms with Gasteiger partial charge in [-0.25, -0.2) is 0 Å². The van der Waals surface area contributed by atoms with E-state index in [4.69, 9.17) is 14.7 Å². The third-order valence-corrected chi connectivity index (χ3v) is 14.4. The Bertz CT molecular complexity index is 4250. The van der Waals surface area contributed by atoms with Gasteiger partial charge < -0.3 is 18.4 Å². The van der Waals surface area contributed by atoms with Crippen LogP contribution >= 0.6 is 0 Å². The first-order valence-corrected chi connectivity index (χ1v) is 22.5. The van der Waals surface area contributed by atoms with Gasteiger partial charge in [0, 0.05) is 60.3 Å². The molecule has 0 bridgehead atoms. The second kappa shape index (κ2) is 13.2. The molecule has 6 heterocycles. The Morgan fingerprint density at radius 1 is 0.373 bits per heavy atom. The molecule has 0 saturated carbocycles. The minimum atomic E-state index is -0.929. The van der Waals surface area contributed by atoms with Gasteiger partial charge in [-0.1, -0.05) is 109 Å². The molecule has 310 valence electrons. The number of benzene rings is 8. The maximum absolute atomic E-state index is 9.97. The van der Waals surface area contributed by atoms with Crippen molar-refractivity contribution in [2.24, 2.45) is 0 Å². The van der Waals surface area contributed by atoms with Gasteiger partial charge in [0.1, 0.15) is 11.5 Å². The lowest BCUT2D eigenvalue weighted by molar-refractivity contribution is 0.436. The Hall–Kier alpha value is -9.25. The fraction of sp³-hybridized carbons (Fsp3) is 0.0167. The quantitative estimate of drug-likeness (QED) is 0.177. The van der Waals surface area contributed by atoms with Crippen LogP contribution in [0.25, 0.3) is 93.9 Å². The summed E-state index contributed by atoms with van der Waals surface area (Å²) >= 11 is 0. The average Bonchev–Trinajstić information content (AvgIpc) is 4.10. The first-order chi connectivity index (χ1) is 33.2. The Kier molecular flexibility index (Phi) is 7.10. The number of fused-ring (bicyclic) bond motifs is 18. The number of rotatable bonds is 3. The molecule has 1 unspecified atom stereocenters. The van der Waals surface area contributed by atoms with Gasteiger partial charge >= 0.3 is 0 Å². The summed E-state index contributed by atoms with van der Waals surface area (Å²) in [5.41, 5.74) is 14.8. The summed E-state index contributed by atoms with van der Waals surface area (Å²) in [4.78, 5) is 10.9. The van der Waals surface area contributed by atoms with E-state index in [-0.39, 0.29) is 0 Å². The summed E-state index contributed by atoms with van der Waals surface area (Å²) in [5.74, 6) is 1.56. The third-order valence-electron chi connectivity index (χ3n) is 14.4. The van der Waals surface area contributed by atoms with Crippen molar-refractivity contribution in [1.29, 1.82) is 5.26 Å². The summed E-state index contributed by atoms with van der Waals surface area (Å²) < 4.78 is 14.0. The lowest BCUT2D eigenvalue weighted by atomic mass is 9.66. The Morgan fingerprint density at radius 2 is 0.791 bits per heavy atom. The molecule has 15 rings (SSSR count). The van der Waals surface area contributed by atoms with E-state index in [1.54, 1.807) is 0 Å². The molecular formula is C60H34N6O. The molecule has 7 nitrogen and oxygen atoms in total. The van der Waals surface area contributed by atoms with Crippen LogP contribution in [0.2, 0.25) is 0 Å². The van der Waals surface area contributed by atoms with Crippen LogP contribution in [0, 0.1) is 11.3 Å². The van der Waals surface area contributed by atoms with Crippen molar-refractivity contribution < 1.29 is 4.74 Å². The zero-order chi connectivity index (χ0) is 44.0. The van der Waals surface area contributed by atoms with Crippen molar-refractivity contribution in [2.75, 3.05) is 0 Å². The zero-order valence-corrected chi connectivity index (χ0v) is 35.7. The highest BCUT2D eigenvalue weighted by molar-refractivity contribution is 6.11. The van der Waals surface area contributed by atoms with Crippen molar-refractivity contribution in [1.82, 2.24) is 23.7 Å². The summed E-state index contributed by atoms with van der Waals surface area (Å²) in [7, 11) is 0. The Balaban J connectivity index is 1.08. The molecule has 5 aromatic heterocycles. The molecule has 0 saturated heterocycles. The van der Waals surface area contributed by atoms with Crippen molar-refractivity contribution in [3.63, 3.8) is 0 Å². The van der Waals surface area contributed by atoms with Crippen LogP contribution in [-0.2, 0) is 5.41 Å². The van der Waals surface area contributed by atoms with Gasteiger partial charge in [-0.3, -0.25) is 9.97 Å².